The maximum atomic E-state index is 4.53. The summed E-state index contributed by atoms with van der Waals surface area (Å²) in [5.41, 5.74) is 3.16. The van der Waals surface area contributed by atoms with Crippen LogP contribution in [-0.2, 0) is 0 Å². The van der Waals surface area contributed by atoms with E-state index < -0.39 is 0 Å². The minimum Gasteiger partial charge on any atom is -0.353 e. The third-order valence-corrected chi connectivity index (χ3v) is 4.16. The molecule has 0 atom stereocenters. The number of H-pyrrole nitrogens is 1. The van der Waals surface area contributed by atoms with E-state index in [1.165, 1.54) is 0 Å². The van der Waals surface area contributed by atoms with Crippen LogP contribution in [0.4, 0.5) is 5.95 Å². The van der Waals surface area contributed by atoms with Crippen molar-refractivity contribution >= 4 is 16.9 Å². The second-order valence-corrected chi connectivity index (χ2v) is 6.68. The van der Waals surface area contributed by atoms with E-state index in [1.807, 2.05) is 32.3 Å². The molecule has 0 saturated carbocycles. The van der Waals surface area contributed by atoms with Gasteiger partial charge in [0.2, 0.25) is 5.95 Å². The monoisotopic (exact) mass is 384 g/mol. The van der Waals surface area contributed by atoms with E-state index in [2.05, 4.69) is 52.2 Å². The van der Waals surface area contributed by atoms with Crippen LogP contribution in [0.5, 0.6) is 0 Å². The predicted octanol–water partition coefficient (Wildman–Crippen LogP) is 2.18. The number of anilines is 1. The zero-order valence-electron chi connectivity index (χ0n) is 16.2. The van der Waals surface area contributed by atoms with E-state index in [0.29, 0.717) is 23.2 Å². The van der Waals surface area contributed by atoms with Crippen molar-refractivity contribution in [3.8, 4) is 23.4 Å². The lowest BCUT2D eigenvalue weighted by Crippen LogP contribution is -2.21. The molecule has 0 amide bonds. The Balaban J connectivity index is 1.53. The third kappa shape index (κ3) is 4.72. The van der Waals surface area contributed by atoms with Crippen molar-refractivity contribution in [2.24, 2.45) is 0 Å². The van der Waals surface area contributed by atoms with Crippen molar-refractivity contribution in [3.63, 3.8) is 0 Å². The molecule has 8 heteroatoms. The van der Waals surface area contributed by atoms with E-state index in [1.54, 1.807) is 30.7 Å². The summed E-state index contributed by atoms with van der Waals surface area (Å²) in [6.07, 6.45) is 5.16. The van der Waals surface area contributed by atoms with Crippen LogP contribution in [0.3, 0.4) is 0 Å². The van der Waals surface area contributed by atoms with Gasteiger partial charge >= 0.3 is 0 Å². The van der Waals surface area contributed by atoms with Gasteiger partial charge in [-0.1, -0.05) is 5.92 Å². The molecule has 1 aromatic carbocycles. The quantitative estimate of drug-likeness (QED) is 0.509. The van der Waals surface area contributed by atoms with Gasteiger partial charge in [-0.15, -0.1) is 0 Å². The molecule has 0 radical (unpaired) electrons. The summed E-state index contributed by atoms with van der Waals surface area (Å²) < 4.78 is 0. The minimum atomic E-state index is 0.514. The topological polar surface area (TPSA) is 95.5 Å². The van der Waals surface area contributed by atoms with Gasteiger partial charge in [-0.2, -0.15) is 5.10 Å². The van der Waals surface area contributed by atoms with Gasteiger partial charge in [-0.05, 0) is 50.3 Å². The third-order valence-electron chi connectivity index (χ3n) is 4.16. The molecule has 0 saturated heterocycles. The number of likely N-dealkylation sites (N-methyl/N-ethyl adjacent to an activating group) is 1. The van der Waals surface area contributed by atoms with Crippen molar-refractivity contribution in [2.45, 2.75) is 0 Å². The molecule has 4 aromatic rings. The lowest BCUT2D eigenvalue weighted by atomic mass is 10.1. The summed E-state index contributed by atoms with van der Waals surface area (Å²) in [7, 11) is 4.04. The second kappa shape index (κ2) is 8.46. The normalized spacial score (nSPS) is 10.7. The molecule has 8 nitrogen and oxygen atoms in total. The number of fused-ring (bicyclic) bond motifs is 1. The Bertz CT molecular complexity index is 1190. The first-order valence-electron chi connectivity index (χ1n) is 9.17. The molecular formula is C21H20N8. The Morgan fingerprint density at radius 1 is 1.03 bits per heavy atom. The van der Waals surface area contributed by atoms with Gasteiger partial charge in [-0.25, -0.2) is 19.9 Å². The number of hydrogen-bond donors (Lipinski definition) is 2. The summed E-state index contributed by atoms with van der Waals surface area (Å²) in [4.78, 5) is 19.7. The molecule has 3 heterocycles. The molecule has 0 aliphatic rings. The molecular weight excluding hydrogens is 364 g/mol. The van der Waals surface area contributed by atoms with Gasteiger partial charge in [0.25, 0.3) is 0 Å². The van der Waals surface area contributed by atoms with Crippen LogP contribution in [0.25, 0.3) is 22.4 Å². The number of aromatic amines is 1. The van der Waals surface area contributed by atoms with Gasteiger partial charge in [0.1, 0.15) is 11.4 Å². The highest BCUT2D eigenvalue weighted by Crippen LogP contribution is 2.14. The fourth-order valence-corrected chi connectivity index (χ4v) is 2.67. The zero-order chi connectivity index (χ0) is 20.1. The Labute approximate surface area is 168 Å². The van der Waals surface area contributed by atoms with Crippen LogP contribution < -0.4 is 5.32 Å². The smallest absolute Gasteiger partial charge is 0.223 e. The van der Waals surface area contributed by atoms with Gasteiger partial charge < -0.3 is 10.2 Å². The number of nitrogens with one attached hydrogen (secondary N) is 2. The standard InChI is InChI=1S/C21H20N8/c1-29(2)12-11-24-21-23-10-8-19(27-21)20-22-9-7-17(26-20)5-3-15-4-6-18-16(13-15)14-25-28-18/h4,6-10,13-14H,11-12H2,1-2H3,(H,25,28)(H,23,24,27). The first-order chi connectivity index (χ1) is 14.2. The molecule has 0 fully saturated rings. The van der Waals surface area contributed by atoms with E-state index in [4.69, 9.17) is 0 Å². The summed E-state index contributed by atoms with van der Waals surface area (Å²) in [5, 5.41) is 11.2. The Kier molecular flexibility index (Phi) is 5.40. The van der Waals surface area contributed by atoms with Gasteiger partial charge in [0.15, 0.2) is 5.82 Å². The molecule has 2 N–H and O–H groups in total. The van der Waals surface area contributed by atoms with Crippen LogP contribution in [0.2, 0.25) is 0 Å². The molecule has 0 spiro atoms. The summed E-state index contributed by atoms with van der Waals surface area (Å²) in [6.45, 7) is 1.64. The van der Waals surface area contributed by atoms with Crippen LogP contribution in [0.15, 0.2) is 48.9 Å². The van der Waals surface area contributed by atoms with Crippen molar-refractivity contribution in [3.05, 3.63) is 60.2 Å². The van der Waals surface area contributed by atoms with Crippen LogP contribution >= 0.6 is 0 Å². The van der Waals surface area contributed by atoms with Crippen LogP contribution in [0.1, 0.15) is 11.3 Å². The van der Waals surface area contributed by atoms with Crippen LogP contribution in [0, 0.1) is 11.8 Å². The number of benzene rings is 1. The molecule has 3 aromatic heterocycles. The van der Waals surface area contributed by atoms with E-state index in [0.717, 1.165) is 29.6 Å². The fraction of sp³-hybridized carbons (Fsp3) is 0.190. The molecule has 0 aliphatic carbocycles. The molecule has 29 heavy (non-hydrogen) atoms. The van der Waals surface area contributed by atoms with E-state index in [-0.39, 0.29) is 0 Å². The maximum Gasteiger partial charge on any atom is 0.223 e. The lowest BCUT2D eigenvalue weighted by molar-refractivity contribution is 0.425. The van der Waals surface area contributed by atoms with Crippen molar-refractivity contribution in [2.75, 3.05) is 32.5 Å². The maximum absolute atomic E-state index is 4.53. The van der Waals surface area contributed by atoms with Gasteiger partial charge in [-0.3, -0.25) is 5.10 Å². The van der Waals surface area contributed by atoms with E-state index in [9.17, 15) is 0 Å². The van der Waals surface area contributed by atoms with Gasteiger partial charge in [0, 0.05) is 36.4 Å². The molecule has 0 bridgehead atoms. The summed E-state index contributed by atoms with van der Waals surface area (Å²) in [5.74, 6) is 7.30. The van der Waals surface area contributed by atoms with Crippen molar-refractivity contribution in [1.82, 2.24) is 35.0 Å². The first kappa shape index (κ1) is 18.5. The number of hydrogen-bond acceptors (Lipinski definition) is 7. The Hall–Kier alpha value is -3.83. The highest BCUT2D eigenvalue weighted by atomic mass is 15.1. The largest absolute Gasteiger partial charge is 0.353 e. The fourth-order valence-electron chi connectivity index (χ4n) is 2.67. The minimum absolute atomic E-state index is 0.514. The highest BCUT2D eigenvalue weighted by molar-refractivity contribution is 5.79. The number of nitrogens with zero attached hydrogens (tertiary/aromatic N) is 6. The zero-order valence-corrected chi connectivity index (χ0v) is 16.2. The van der Waals surface area contributed by atoms with Gasteiger partial charge in [0.05, 0.1) is 11.7 Å². The second-order valence-electron chi connectivity index (χ2n) is 6.68. The first-order valence-corrected chi connectivity index (χ1v) is 9.17. The van der Waals surface area contributed by atoms with E-state index >= 15 is 0 Å². The predicted molar refractivity (Wildman–Crippen MR) is 112 cm³/mol. The Morgan fingerprint density at radius 2 is 1.93 bits per heavy atom. The molecule has 0 unspecified atom stereocenters. The Morgan fingerprint density at radius 3 is 2.83 bits per heavy atom. The molecule has 0 aliphatic heterocycles. The average Bonchev–Trinajstić information content (AvgIpc) is 3.20. The summed E-state index contributed by atoms with van der Waals surface area (Å²) >= 11 is 0. The highest BCUT2D eigenvalue weighted by Gasteiger charge is 2.06. The van der Waals surface area contributed by atoms with Crippen LogP contribution in [-0.4, -0.2) is 62.2 Å². The molecule has 4 rings (SSSR count). The number of aromatic nitrogens is 6. The lowest BCUT2D eigenvalue weighted by Gasteiger charge is -2.10. The SMILES string of the molecule is CN(C)CCNc1nccc(-c2nccc(C#Cc3ccc4[nH]ncc4c3)n2)n1. The average molecular weight is 384 g/mol. The number of rotatable bonds is 5. The molecule has 144 valence electrons. The van der Waals surface area contributed by atoms with Crippen molar-refractivity contribution < 1.29 is 0 Å². The summed E-state index contributed by atoms with van der Waals surface area (Å²) in [6, 6.07) is 9.47. The van der Waals surface area contributed by atoms with Crippen molar-refractivity contribution in [1.29, 1.82) is 0 Å².